The number of nitrogens with zero attached hydrogens (tertiary/aromatic N) is 1. The fourth-order valence-electron chi connectivity index (χ4n) is 2.77. The Balaban J connectivity index is 2.11. The molecule has 1 aliphatic rings. The molecule has 2 rings (SSSR count). The number of aliphatic hydroxyl groups excluding tert-OH is 1. The molecule has 0 aromatic heterocycles. The summed E-state index contributed by atoms with van der Waals surface area (Å²) in [6.07, 6.45) is -1.66. The molecule has 1 saturated heterocycles. The molecule has 1 aromatic carbocycles. The zero-order valence-electron chi connectivity index (χ0n) is 11.6. The minimum Gasteiger partial charge on any atom is -0.396 e. The SMILES string of the molecule is Cc1ccc(N2CCC(CCO)CC2)cc1C(F)(F)F. The van der Waals surface area contributed by atoms with E-state index in [-0.39, 0.29) is 12.2 Å². The number of alkyl halides is 3. The second-order valence-electron chi connectivity index (χ2n) is 5.44. The summed E-state index contributed by atoms with van der Waals surface area (Å²) in [5.74, 6) is 0.490. The van der Waals surface area contributed by atoms with Crippen LogP contribution in [0.2, 0.25) is 0 Å². The van der Waals surface area contributed by atoms with E-state index in [0.29, 0.717) is 11.6 Å². The fourth-order valence-corrected chi connectivity index (χ4v) is 2.77. The fraction of sp³-hybridized carbons (Fsp3) is 0.600. The number of halogens is 3. The predicted molar refractivity (Wildman–Crippen MR) is 72.8 cm³/mol. The Bertz CT molecular complexity index is 451. The average molecular weight is 287 g/mol. The maximum Gasteiger partial charge on any atom is 0.416 e. The summed E-state index contributed by atoms with van der Waals surface area (Å²) < 4.78 is 38.7. The van der Waals surface area contributed by atoms with Gasteiger partial charge in [0.2, 0.25) is 0 Å². The number of hydrogen-bond donors (Lipinski definition) is 1. The summed E-state index contributed by atoms with van der Waals surface area (Å²) in [5.41, 5.74) is 0.356. The maximum atomic E-state index is 12.9. The Labute approximate surface area is 117 Å². The van der Waals surface area contributed by atoms with Gasteiger partial charge in [0.25, 0.3) is 0 Å². The van der Waals surface area contributed by atoms with E-state index in [1.54, 1.807) is 6.07 Å². The molecule has 0 radical (unpaired) electrons. The third-order valence-corrected chi connectivity index (χ3v) is 4.04. The topological polar surface area (TPSA) is 23.5 Å². The highest BCUT2D eigenvalue weighted by atomic mass is 19.4. The van der Waals surface area contributed by atoms with Crippen LogP contribution >= 0.6 is 0 Å². The number of hydrogen-bond acceptors (Lipinski definition) is 2. The van der Waals surface area contributed by atoms with Crippen molar-refractivity contribution in [2.45, 2.75) is 32.4 Å². The lowest BCUT2D eigenvalue weighted by Crippen LogP contribution is -2.34. The minimum absolute atomic E-state index is 0.188. The molecule has 1 aromatic rings. The molecule has 0 aliphatic carbocycles. The van der Waals surface area contributed by atoms with Gasteiger partial charge in [-0.15, -0.1) is 0 Å². The minimum atomic E-state index is -4.30. The van der Waals surface area contributed by atoms with Gasteiger partial charge in [-0.1, -0.05) is 6.07 Å². The maximum absolute atomic E-state index is 12.9. The summed E-state index contributed by atoms with van der Waals surface area (Å²) in [6.45, 7) is 3.18. The van der Waals surface area contributed by atoms with Gasteiger partial charge in [-0.3, -0.25) is 0 Å². The van der Waals surface area contributed by atoms with Gasteiger partial charge in [0.15, 0.2) is 0 Å². The molecule has 0 amide bonds. The first kappa shape index (κ1) is 15.2. The Hall–Kier alpha value is -1.23. The van der Waals surface area contributed by atoms with Gasteiger partial charge < -0.3 is 10.0 Å². The van der Waals surface area contributed by atoms with E-state index in [2.05, 4.69) is 0 Å². The zero-order chi connectivity index (χ0) is 14.8. The lowest BCUT2D eigenvalue weighted by molar-refractivity contribution is -0.138. The van der Waals surface area contributed by atoms with E-state index in [1.165, 1.54) is 19.1 Å². The van der Waals surface area contributed by atoms with Crippen molar-refractivity contribution in [3.05, 3.63) is 29.3 Å². The summed E-state index contributed by atoms with van der Waals surface area (Å²) >= 11 is 0. The Morgan fingerprint density at radius 1 is 1.25 bits per heavy atom. The molecule has 1 N–H and O–H groups in total. The van der Waals surface area contributed by atoms with Gasteiger partial charge in [-0.25, -0.2) is 0 Å². The Morgan fingerprint density at radius 2 is 1.90 bits per heavy atom. The molecular formula is C15H20F3NO. The smallest absolute Gasteiger partial charge is 0.396 e. The first-order chi connectivity index (χ1) is 9.41. The number of anilines is 1. The third kappa shape index (κ3) is 3.45. The number of benzene rings is 1. The molecule has 20 heavy (non-hydrogen) atoms. The van der Waals surface area contributed by atoms with E-state index in [9.17, 15) is 13.2 Å². The van der Waals surface area contributed by atoms with Gasteiger partial charge in [0.05, 0.1) is 5.56 Å². The molecule has 1 fully saturated rings. The van der Waals surface area contributed by atoms with Crippen molar-refractivity contribution in [2.24, 2.45) is 5.92 Å². The monoisotopic (exact) mass is 287 g/mol. The van der Waals surface area contributed by atoms with Crippen LogP contribution in [0.15, 0.2) is 18.2 Å². The molecule has 0 bridgehead atoms. The molecule has 0 unspecified atom stereocenters. The standard InChI is InChI=1S/C15H20F3NO/c1-11-2-3-13(10-14(11)15(16,17)18)19-7-4-12(5-8-19)6-9-20/h2-3,10,12,20H,4-9H2,1H3. The summed E-state index contributed by atoms with van der Waals surface area (Å²) in [5, 5.41) is 8.92. The Morgan fingerprint density at radius 3 is 2.45 bits per heavy atom. The van der Waals surface area contributed by atoms with Crippen LogP contribution in [0.1, 0.15) is 30.4 Å². The van der Waals surface area contributed by atoms with Crippen LogP contribution in [-0.2, 0) is 6.18 Å². The molecule has 0 saturated carbocycles. The Kier molecular flexibility index (Phi) is 4.58. The molecule has 2 nitrogen and oxygen atoms in total. The van der Waals surface area contributed by atoms with Crippen molar-refractivity contribution in [3.8, 4) is 0 Å². The van der Waals surface area contributed by atoms with Crippen molar-refractivity contribution in [1.29, 1.82) is 0 Å². The molecule has 1 heterocycles. The average Bonchev–Trinajstić information content (AvgIpc) is 2.39. The highest BCUT2D eigenvalue weighted by Crippen LogP contribution is 2.35. The van der Waals surface area contributed by atoms with Crippen LogP contribution < -0.4 is 4.90 Å². The lowest BCUT2D eigenvalue weighted by atomic mass is 9.93. The van der Waals surface area contributed by atoms with Crippen LogP contribution in [0, 0.1) is 12.8 Å². The number of aliphatic hydroxyl groups is 1. The van der Waals surface area contributed by atoms with E-state index in [4.69, 9.17) is 5.11 Å². The van der Waals surface area contributed by atoms with Crippen LogP contribution in [0.5, 0.6) is 0 Å². The molecule has 112 valence electrons. The van der Waals surface area contributed by atoms with Gasteiger partial charge in [-0.2, -0.15) is 13.2 Å². The van der Waals surface area contributed by atoms with Crippen LogP contribution in [0.3, 0.4) is 0 Å². The second kappa shape index (κ2) is 6.04. The van der Waals surface area contributed by atoms with Crippen LogP contribution in [0.25, 0.3) is 0 Å². The first-order valence-electron chi connectivity index (χ1n) is 6.95. The quantitative estimate of drug-likeness (QED) is 0.918. The van der Waals surface area contributed by atoms with Crippen molar-refractivity contribution < 1.29 is 18.3 Å². The van der Waals surface area contributed by atoms with Crippen molar-refractivity contribution in [1.82, 2.24) is 0 Å². The van der Waals surface area contributed by atoms with E-state index >= 15 is 0 Å². The normalized spacial score (nSPS) is 17.6. The van der Waals surface area contributed by atoms with Crippen LogP contribution in [-0.4, -0.2) is 24.8 Å². The van der Waals surface area contributed by atoms with E-state index < -0.39 is 11.7 Å². The highest BCUT2D eigenvalue weighted by Gasteiger charge is 2.33. The van der Waals surface area contributed by atoms with E-state index in [1.807, 2.05) is 4.90 Å². The predicted octanol–water partition coefficient (Wildman–Crippen LogP) is 3.61. The lowest BCUT2D eigenvalue weighted by Gasteiger charge is -2.34. The van der Waals surface area contributed by atoms with Crippen molar-refractivity contribution in [3.63, 3.8) is 0 Å². The van der Waals surface area contributed by atoms with Crippen molar-refractivity contribution in [2.75, 3.05) is 24.6 Å². The van der Waals surface area contributed by atoms with Crippen LogP contribution in [0.4, 0.5) is 18.9 Å². The van der Waals surface area contributed by atoms with Gasteiger partial charge in [0.1, 0.15) is 0 Å². The molecule has 5 heteroatoms. The first-order valence-corrected chi connectivity index (χ1v) is 6.95. The summed E-state index contributed by atoms with van der Waals surface area (Å²) in [6, 6.07) is 4.55. The van der Waals surface area contributed by atoms with Gasteiger partial charge in [0, 0.05) is 25.4 Å². The van der Waals surface area contributed by atoms with E-state index in [0.717, 1.165) is 32.4 Å². The molecule has 1 aliphatic heterocycles. The summed E-state index contributed by atoms with van der Waals surface area (Å²) in [4.78, 5) is 2.00. The number of piperidine rings is 1. The second-order valence-corrected chi connectivity index (χ2v) is 5.44. The number of rotatable bonds is 3. The molecule has 0 atom stereocenters. The van der Waals surface area contributed by atoms with Gasteiger partial charge in [-0.05, 0) is 49.8 Å². The van der Waals surface area contributed by atoms with Crippen molar-refractivity contribution >= 4 is 5.69 Å². The third-order valence-electron chi connectivity index (χ3n) is 4.04. The van der Waals surface area contributed by atoms with Gasteiger partial charge >= 0.3 is 6.18 Å². The molecule has 0 spiro atoms. The number of aryl methyl sites for hydroxylation is 1. The summed E-state index contributed by atoms with van der Waals surface area (Å²) in [7, 11) is 0. The molecular weight excluding hydrogens is 267 g/mol. The highest BCUT2D eigenvalue weighted by molar-refractivity contribution is 5.52. The largest absolute Gasteiger partial charge is 0.416 e. The zero-order valence-corrected chi connectivity index (χ0v) is 11.6.